The number of hydrogen-bond donors (Lipinski definition) is 2. The van der Waals surface area contributed by atoms with E-state index in [0.29, 0.717) is 0 Å². The third-order valence-corrected chi connectivity index (χ3v) is 4.62. The Labute approximate surface area is 107 Å². The van der Waals surface area contributed by atoms with Crippen LogP contribution in [0.4, 0.5) is 0 Å². The number of carbonyl (C=O) groups is 1. The fourth-order valence-electron chi connectivity index (χ4n) is 2.48. The summed E-state index contributed by atoms with van der Waals surface area (Å²) in [7, 11) is 0. The van der Waals surface area contributed by atoms with Crippen molar-refractivity contribution in [2.24, 2.45) is 11.7 Å². The van der Waals surface area contributed by atoms with Crippen LogP contribution in [0.1, 0.15) is 38.5 Å². The maximum absolute atomic E-state index is 11.2. The van der Waals surface area contributed by atoms with E-state index in [1.54, 1.807) is 11.3 Å². The molecule has 0 radical (unpaired) electrons. The molecule has 1 aromatic rings. The summed E-state index contributed by atoms with van der Waals surface area (Å²) in [5, 5.41) is 11.2. The Morgan fingerprint density at radius 1 is 1.59 bits per heavy atom. The van der Waals surface area contributed by atoms with E-state index in [0.717, 1.165) is 11.3 Å². The number of thiophene rings is 1. The lowest BCUT2D eigenvalue weighted by molar-refractivity contribution is -0.139. The van der Waals surface area contributed by atoms with E-state index in [1.807, 2.05) is 24.4 Å². The molecule has 1 aromatic heterocycles. The van der Waals surface area contributed by atoms with Crippen LogP contribution >= 0.6 is 11.3 Å². The normalized spacial score (nSPS) is 16.8. The van der Waals surface area contributed by atoms with Crippen molar-refractivity contribution in [3.05, 3.63) is 22.4 Å². The van der Waals surface area contributed by atoms with E-state index in [-0.39, 0.29) is 18.4 Å². The highest BCUT2D eigenvalue weighted by molar-refractivity contribution is 7.10. The Kier molecular flexibility index (Phi) is 4.71. The molecule has 3 N–H and O–H groups in total. The summed E-state index contributed by atoms with van der Waals surface area (Å²) in [6.45, 7) is 6.12. The summed E-state index contributed by atoms with van der Waals surface area (Å²) < 4.78 is 0. The zero-order valence-corrected chi connectivity index (χ0v) is 11.5. The molecule has 0 aliphatic carbocycles. The number of rotatable bonds is 6. The molecule has 0 bridgehead atoms. The first-order valence-corrected chi connectivity index (χ1v) is 6.84. The lowest BCUT2D eigenvalue weighted by Crippen LogP contribution is -2.49. The van der Waals surface area contributed by atoms with Crippen molar-refractivity contribution in [2.45, 2.75) is 45.1 Å². The van der Waals surface area contributed by atoms with Crippen LogP contribution < -0.4 is 5.73 Å². The quantitative estimate of drug-likeness (QED) is 0.821. The predicted octanol–water partition coefficient (Wildman–Crippen LogP) is 2.85. The van der Waals surface area contributed by atoms with E-state index in [1.165, 1.54) is 0 Å². The first kappa shape index (κ1) is 14.2. The largest absolute Gasteiger partial charge is 0.481 e. The van der Waals surface area contributed by atoms with Crippen molar-refractivity contribution in [3.8, 4) is 0 Å². The minimum absolute atomic E-state index is 0.0974. The SMILES string of the molecule is CCC(N)C(CC(=O)O)(c1cccs1)C(C)C. The van der Waals surface area contributed by atoms with Gasteiger partial charge in [-0.05, 0) is 23.8 Å². The smallest absolute Gasteiger partial charge is 0.304 e. The molecular weight excluding hydrogens is 234 g/mol. The van der Waals surface area contributed by atoms with Crippen molar-refractivity contribution < 1.29 is 9.90 Å². The number of carboxylic acids is 1. The fourth-order valence-corrected chi connectivity index (χ4v) is 3.62. The van der Waals surface area contributed by atoms with Gasteiger partial charge in [-0.25, -0.2) is 0 Å². The van der Waals surface area contributed by atoms with Crippen LogP contribution in [0, 0.1) is 5.92 Å². The molecule has 0 saturated heterocycles. The van der Waals surface area contributed by atoms with Crippen LogP contribution in [0.5, 0.6) is 0 Å². The summed E-state index contributed by atoms with van der Waals surface area (Å²) in [5.74, 6) is -0.580. The Balaban J connectivity index is 3.25. The van der Waals surface area contributed by atoms with Gasteiger partial charge in [0.1, 0.15) is 0 Å². The second kappa shape index (κ2) is 5.65. The van der Waals surface area contributed by atoms with Gasteiger partial charge in [0.05, 0.1) is 6.42 Å². The van der Waals surface area contributed by atoms with Gasteiger partial charge in [0.15, 0.2) is 0 Å². The Bertz CT molecular complexity index is 362. The lowest BCUT2D eigenvalue weighted by atomic mass is 9.67. The van der Waals surface area contributed by atoms with Crippen LogP contribution in [0.2, 0.25) is 0 Å². The molecule has 2 unspecified atom stereocenters. The minimum atomic E-state index is -0.781. The average Bonchev–Trinajstić information content (AvgIpc) is 2.77. The second-order valence-electron chi connectivity index (χ2n) is 4.76. The topological polar surface area (TPSA) is 63.3 Å². The molecule has 0 amide bonds. The summed E-state index contributed by atoms with van der Waals surface area (Å²) >= 11 is 1.60. The van der Waals surface area contributed by atoms with Crippen molar-refractivity contribution in [3.63, 3.8) is 0 Å². The van der Waals surface area contributed by atoms with E-state index >= 15 is 0 Å². The molecule has 0 saturated carbocycles. The molecule has 1 heterocycles. The van der Waals surface area contributed by atoms with Crippen molar-refractivity contribution in [1.82, 2.24) is 0 Å². The molecule has 4 heteroatoms. The first-order chi connectivity index (χ1) is 7.95. The number of hydrogen-bond acceptors (Lipinski definition) is 3. The molecule has 0 aliphatic heterocycles. The Morgan fingerprint density at radius 3 is 2.59 bits per heavy atom. The molecule has 1 rings (SSSR count). The van der Waals surface area contributed by atoms with Gasteiger partial charge in [-0.1, -0.05) is 26.8 Å². The molecule has 0 fully saturated rings. The second-order valence-corrected chi connectivity index (χ2v) is 5.71. The van der Waals surface area contributed by atoms with E-state index in [2.05, 4.69) is 13.8 Å². The van der Waals surface area contributed by atoms with Gasteiger partial charge < -0.3 is 10.8 Å². The van der Waals surface area contributed by atoms with E-state index in [4.69, 9.17) is 5.73 Å². The van der Waals surface area contributed by atoms with Crippen molar-refractivity contribution in [1.29, 1.82) is 0 Å². The third-order valence-electron chi connectivity index (χ3n) is 3.56. The van der Waals surface area contributed by atoms with Gasteiger partial charge in [-0.15, -0.1) is 11.3 Å². The van der Waals surface area contributed by atoms with Crippen molar-refractivity contribution >= 4 is 17.3 Å². The average molecular weight is 255 g/mol. The monoisotopic (exact) mass is 255 g/mol. The molecule has 2 atom stereocenters. The fraction of sp³-hybridized carbons (Fsp3) is 0.615. The van der Waals surface area contributed by atoms with Crippen LogP contribution in [-0.2, 0) is 10.2 Å². The zero-order valence-electron chi connectivity index (χ0n) is 10.6. The molecule has 0 aliphatic rings. The van der Waals surface area contributed by atoms with Crippen molar-refractivity contribution in [2.75, 3.05) is 0 Å². The first-order valence-electron chi connectivity index (χ1n) is 5.96. The Morgan fingerprint density at radius 2 is 2.24 bits per heavy atom. The molecular formula is C13H21NO2S. The van der Waals surface area contributed by atoms with Gasteiger partial charge in [-0.3, -0.25) is 4.79 Å². The molecule has 3 nitrogen and oxygen atoms in total. The summed E-state index contributed by atoms with van der Waals surface area (Å²) in [6.07, 6.45) is 0.879. The zero-order chi connectivity index (χ0) is 13.1. The van der Waals surface area contributed by atoms with Gasteiger partial charge in [-0.2, -0.15) is 0 Å². The van der Waals surface area contributed by atoms with Crippen LogP contribution in [0.25, 0.3) is 0 Å². The molecule has 0 spiro atoms. The van der Waals surface area contributed by atoms with Gasteiger partial charge >= 0.3 is 5.97 Å². The standard InChI is InChI=1S/C13H21NO2S/c1-4-10(14)13(9(2)3,8-12(15)16)11-6-5-7-17-11/h5-7,9-10H,4,8,14H2,1-3H3,(H,15,16). The molecule has 0 aromatic carbocycles. The highest BCUT2D eigenvalue weighted by atomic mass is 32.1. The maximum atomic E-state index is 11.2. The van der Waals surface area contributed by atoms with E-state index < -0.39 is 11.4 Å². The van der Waals surface area contributed by atoms with E-state index in [9.17, 15) is 9.90 Å². The van der Waals surface area contributed by atoms with Gasteiger partial charge in [0, 0.05) is 16.3 Å². The highest BCUT2D eigenvalue weighted by Gasteiger charge is 2.43. The molecule has 96 valence electrons. The molecule has 17 heavy (non-hydrogen) atoms. The summed E-state index contributed by atoms with van der Waals surface area (Å²) in [6, 6.07) is 3.84. The Hall–Kier alpha value is -0.870. The number of nitrogens with two attached hydrogens (primary N) is 1. The van der Waals surface area contributed by atoms with Crippen LogP contribution in [-0.4, -0.2) is 17.1 Å². The summed E-state index contributed by atoms with van der Waals surface area (Å²) in [4.78, 5) is 12.3. The highest BCUT2D eigenvalue weighted by Crippen LogP contribution is 2.41. The maximum Gasteiger partial charge on any atom is 0.304 e. The van der Waals surface area contributed by atoms with Crippen LogP contribution in [0.3, 0.4) is 0 Å². The number of aliphatic carboxylic acids is 1. The lowest BCUT2D eigenvalue weighted by Gasteiger charge is -2.40. The van der Waals surface area contributed by atoms with Gasteiger partial charge in [0.25, 0.3) is 0 Å². The number of carboxylic acid groups (broad SMARTS) is 1. The van der Waals surface area contributed by atoms with Gasteiger partial charge in [0.2, 0.25) is 0 Å². The summed E-state index contributed by atoms with van der Waals surface area (Å²) in [5.41, 5.74) is 5.79. The minimum Gasteiger partial charge on any atom is -0.481 e. The van der Waals surface area contributed by atoms with Crippen LogP contribution in [0.15, 0.2) is 17.5 Å². The third kappa shape index (κ3) is 2.69. The predicted molar refractivity (Wildman–Crippen MR) is 71.4 cm³/mol.